The van der Waals surface area contributed by atoms with Crippen LogP contribution in [-0.4, -0.2) is 42.5 Å². The Morgan fingerprint density at radius 1 is 1.25 bits per heavy atom. The van der Waals surface area contributed by atoms with Crippen LogP contribution in [0.2, 0.25) is 0 Å². The highest BCUT2D eigenvalue weighted by molar-refractivity contribution is 5.97. The normalized spacial score (nSPS) is 17.8. The summed E-state index contributed by atoms with van der Waals surface area (Å²) in [6, 6.07) is 13.2. The van der Waals surface area contributed by atoms with Crippen LogP contribution in [0.15, 0.2) is 48.5 Å². The topological polar surface area (TPSA) is 58.6 Å². The third-order valence-electron chi connectivity index (χ3n) is 4.95. The van der Waals surface area contributed by atoms with Gasteiger partial charge in [0.2, 0.25) is 5.91 Å². The van der Waals surface area contributed by atoms with Gasteiger partial charge in [-0.15, -0.1) is 0 Å². The van der Waals surface area contributed by atoms with Crippen molar-refractivity contribution < 1.29 is 18.7 Å². The van der Waals surface area contributed by atoms with Crippen LogP contribution in [0, 0.1) is 5.82 Å². The number of anilines is 1. The largest absolute Gasteiger partial charge is 0.377 e. The second-order valence-corrected chi connectivity index (χ2v) is 7.21. The van der Waals surface area contributed by atoms with Gasteiger partial charge in [0.05, 0.1) is 19.3 Å². The van der Waals surface area contributed by atoms with Crippen LogP contribution in [0.25, 0.3) is 0 Å². The Kier molecular flexibility index (Phi) is 6.41. The van der Waals surface area contributed by atoms with Crippen LogP contribution in [0.4, 0.5) is 10.1 Å². The highest BCUT2D eigenvalue weighted by Crippen LogP contribution is 2.21. The molecule has 0 spiro atoms. The van der Waals surface area contributed by atoms with Gasteiger partial charge in [-0.05, 0) is 48.7 Å². The van der Waals surface area contributed by atoms with E-state index in [4.69, 9.17) is 4.74 Å². The molecule has 0 aromatic heterocycles. The van der Waals surface area contributed by atoms with Gasteiger partial charge in [0.1, 0.15) is 5.82 Å². The average molecular weight is 384 g/mol. The second-order valence-electron chi connectivity index (χ2n) is 7.21. The van der Waals surface area contributed by atoms with Crippen molar-refractivity contribution in [2.24, 2.45) is 0 Å². The zero-order valence-corrected chi connectivity index (χ0v) is 16.2. The highest BCUT2D eigenvalue weighted by atomic mass is 19.1. The molecule has 6 heteroatoms. The fraction of sp³-hybridized carbons (Fsp3) is 0.364. The summed E-state index contributed by atoms with van der Waals surface area (Å²) in [6.45, 7) is 5.51. The highest BCUT2D eigenvalue weighted by Gasteiger charge is 2.25. The van der Waals surface area contributed by atoms with Crippen LogP contribution in [0.1, 0.15) is 42.1 Å². The van der Waals surface area contributed by atoms with E-state index in [1.54, 1.807) is 41.3 Å². The lowest BCUT2D eigenvalue weighted by molar-refractivity contribution is -0.116. The number of hydrogen-bond acceptors (Lipinski definition) is 3. The molecule has 148 valence electrons. The summed E-state index contributed by atoms with van der Waals surface area (Å²) in [4.78, 5) is 27.0. The molecule has 3 rings (SSSR count). The number of nitrogens with zero attached hydrogens (tertiary/aromatic N) is 1. The molecule has 2 aromatic rings. The molecule has 2 unspecified atom stereocenters. The Balaban J connectivity index is 1.62. The predicted octanol–water partition coefficient (Wildman–Crippen LogP) is 3.82. The molecule has 1 aliphatic rings. The summed E-state index contributed by atoms with van der Waals surface area (Å²) in [5, 5.41) is 2.85. The van der Waals surface area contributed by atoms with E-state index in [1.165, 1.54) is 12.1 Å². The first kappa shape index (κ1) is 20.0. The van der Waals surface area contributed by atoms with Crippen molar-refractivity contribution >= 4 is 17.5 Å². The Bertz CT molecular complexity index is 838. The smallest absolute Gasteiger partial charge is 0.254 e. The van der Waals surface area contributed by atoms with Crippen molar-refractivity contribution in [3.63, 3.8) is 0 Å². The molecule has 1 fully saturated rings. The van der Waals surface area contributed by atoms with Crippen molar-refractivity contribution in [3.05, 3.63) is 65.5 Å². The molecule has 1 saturated heterocycles. The van der Waals surface area contributed by atoms with Crippen molar-refractivity contribution in [2.75, 3.05) is 25.1 Å². The molecule has 28 heavy (non-hydrogen) atoms. The fourth-order valence-corrected chi connectivity index (χ4v) is 3.32. The first-order valence-corrected chi connectivity index (χ1v) is 9.48. The van der Waals surface area contributed by atoms with Crippen molar-refractivity contribution in [1.29, 1.82) is 0 Å². The molecule has 0 saturated carbocycles. The van der Waals surface area contributed by atoms with Gasteiger partial charge in [-0.3, -0.25) is 9.59 Å². The Morgan fingerprint density at radius 2 is 2.00 bits per heavy atom. The molecule has 5 nitrogen and oxygen atoms in total. The summed E-state index contributed by atoms with van der Waals surface area (Å²) >= 11 is 0. The van der Waals surface area contributed by atoms with Gasteiger partial charge in [0.15, 0.2) is 0 Å². The lowest BCUT2D eigenvalue weighted by atomic mass is 9.97. The van der Waals surface area contributed by atoms with E-state index in [2.05, 4.69) is 5.32 Å². The van der Waals surface area contributed by atoms with Gasteiger partial charge < -0.3 is 15.0 Å². The standard InChI is InChI=1S/C22H25FN2O3/c1-15(17-6-8-19(23)9-7-17)12-21(26)24-20-5-3-4-18(13-20)22(27)25-10-11-28-14-16(25)2/h3-9,13,15-16H,10-12,14H2,1-2H3,(H,24,26). The lowest BCUT2D eigenvalue weighted by Gasteiger charge is -2.33. The Morgan fingerprint density at radius 3 is 2.71 bits per heavy atom. The predicted molar refractivity (Wildman–Crippen MR) is 106 cm³/mol. The summed E-state index contributed by atoms with van der Waals surface area (Å²) in [5.41, 5.74) is 2.03. The van der Waals surface area contributed by atoms with Crippen molar-refractivity contribution in [3.8, 4) is 0 Å². The minimum Gasteiger partial charge on any atom is -0.377 e. The maximum atomic E-state index is 13.0. The van der Waals surface area contributed by atoms with Gasteiger partial charge in [-0.25, -0.2) is 4.39 Å². The third-order valence-corrected chi connectivity index (χ3v) is 4.95. The molecular weight excluding hydrogens is 359 g/mol. The number of halogens is 1. The quantitative estimate of drug-likeness (QED) is 0.853. The number of carbonyl (C=O) groups is 2. The summed E-state index contributed by atoms with van der Waals surface area (Å²) < 4.78 is 18.4. The van der Waals surface area contributed by atoms with Crippen LogP contribution < -0.4 is 5.32 Å². The molecule has 1 N–H and O–H groups in total. The van der Waals surface area contributed by atoms with Crippen LogP contribution >= 0.6 is 0 Å². The average Bonchev–Trinajstić information content (AvgIpc) is 2.68. The monoisotopic (exact) mass is 384 g/mol. The van der Waals surface area contributed by atoms with Crippen LogP contribution in [0.3, 0.4) is 0 Å². The molecule has 0 aliphatic carbocycles. The van der Waals surface area contributed by atoms with E-state index in [0.717, 1.165) is 5.56 Å². The Hall–Kier alpha value is -2.73. The molecule has 1 aliphatic heterocycles. The van der Waals surface area contributed by atoms with E-state index in [0.29, 0.717) is 31.0 Å². The lowest BCUT2D eigenvalue weighted by Crippen LogP contribution is -2.47. The number of benzene rings is 2. The molecule has 0 radical (unpaired) electrons. The maximum Gasteiger partial charge on any atom is 0.254 e. The fourth-order valence-electron chi connectivity index (χ4n) is 3.32. The molecular formula is C22H25FN2O3. The van der Waals surface area contributed by atoms with Gasteiger partial charge in [0.25, 0.3) is 5.91 Å². The SMILES string of the molecule is CC(CC(=O)Nc1cccc(C(=O)N2CCOCC2C)c1)c1ccc(F)cc1. The minimum atomic E-state index is -0.295. The number of rotatable bonds is 5. The number of amides is 2. The molecule has 2 aromatic carbocycles. The first-order chi connectivity index (χ1) is 13.4. The summed E-state index contributed by atoms with van der Waals surface area (Å²) in [6.07, 6.45) is 0.268. The van der Waals surface area contributed by atoms with Gasteiger partial charge in [-0.1, -0.05) is 25.1 Å². The van der Waals surface area contributed by atoms with Crippen molar-refractivity contribution in [1.82, 2.24) is 4.90 Å². The zero-order valence-electron chi connectivity index (χ0n) is 16.2. The van der Waals surface area contributed by atoms with Crippen LogP contribution in [0.5, 0.6) is 0 Å². The molecule has 1 heterocycles. The molecule has 2 atom stereocenters. The second kappa shape index (κ2) is 8.97. The molecule has 2 amide bonds. The van der Waals surface area contributed by atoms with E-state index < -0.39 is 0 Å². The van der Waals surface area contributed by atoms with E-state index in [1.807, 2.05) is 13.8 Å². The minimum absolute atomic E-state index is 0.0241. The van der Waals surface area contributed by atoms with E-state index in [-0.39, 0.29) is 36.0 Å². The van der Waals surface area contributed by atoms with E-state index >= 15 is 0 Å². The maximum absolute atomic E-state index is 13.0. The first-order valence-electron chi connectivity index (χ1n) is 9.48. The summed E-state index contributed by atoms with van der Waals surface area (Å²) in [5.74, 6) is -0.552. The van der Waals surface area contributed by atoms with Gasteiger partial charge in [-0.2, -0.15) is 0 Å². The number of ether oxygens (including phenoxy) is 1. The summed E-state index contributed by atoms with van der Waals surface area (Å²) in [7, 11) is 0. The number of nitrogens with one attached hydrogen (secondary N) is 1. The number of morpholine rings is 1. The van der Waals surface area contributed by atoms with Gasteiger partial charge >= 0.3 is 0 Å². The third kappa shape index (κ3) is 4.95. The van der Waals surface area contributed by atoms with Gasteiger partial charge in [0, 0.05) is 24.2 Å². The van der Waals surface area contributed by atoms with E-state index in [9.17, 15) is 14.0 Å². The van der Waals surface area contributed by atoms with Crippen molar-refractivity contribution in [2.45, 2.75) is 32.2 Å². The molecule has 0 bridgehead atoms. The number of carbonyl (C=O) groups excluding carboxylic acids is 2. The zero-order chi connectivity index (χ0) is 20.1. The Labute approximate surface area is 164 Å². The number of hydrogen-bond donors (Lipinski definition) is 1. The van der Waals surface area contributed by atoms with Crippen LogP contribution in [-0.2, 0) is 9.53 Å².